The van der Waals surface area contributed by atoms with E-state index >= 15 is 0 Å². The first-order valence-corrected chi connectivity index (χ1v) is 12.5. The Labute approximate surface area is 221 Å². The number of pyridine rings is 1. The molecule has 2 aliphatic heterocycles. The van der Waals surface area contributed by atoms with Gasteiger partial charge in [-0.25, -0.2) is 9.97 Å². The number of amides is 2. The average Bonchev–Trinajstić information content (AvgIpc) is 3.67. The van der Waals surface area contributed by atoms with Gasteiger partial charge in [-0.3, -0.25) is 19.2 Å². The Morgan fingerprint density at radius 1 is 1.31 bits per heavy atom. The molecule has 3 aromatic rings. The quantitative estimate of drug-likeness (QED) is 0.434. The normalized spacial score (nSPS) is 19.1. The molecule has 0 radical (unpaired) electrons. The molecule has 39 heavy (non-hydrogen) atoms. The Morgan fingerprint density at radius 2 is 2.13 bits per heavy atom. The molecule has 2 saturated heterocycles. The third kappa shape index (κ3) is 6.05. The monoisotopic (exact) mass is 547 g/mol. The predicted octanol–water partition coefficient (Wildman–Crippen LogP) is 3.96. The van der Waals surface area contributed by atoms with E-state index < -0.39 is 24.0 Å². The third-order valence-corrected chi connectivity index (χ3v) is 6.71. The molecule has 3 aromatic heterocycles. The minimum absolute atomic E-state index is 0.0167. The van der Waals surface area contributed by atoms with Crippen LogP contribution in [0.25, 0.3) is 11.5 Å². The molecule has 0 spiro atoms. The van der Waals surface area contributed by atoms with E-state index in [0.717, 1.165) is 12.7 Å². The molecule has 0 saturated carbocycles. The number of rotatable bonds is 8. The Bertz CT molecular complexity index is 1360. The lowest BCUT2D eigenvalue weighted by Gasteiger charge is -2.18. The van der Waals surface area contributed by atoms with Gasteiger partial charge in [0.05, 0.1) is 12.8 Å². The lowest BCUT2D eigenvalue weighted by molar-refractivity contribution is -0.124. The Balaban J connectivity index is 1.34. The molecule has 2 amide bonds. The van der Waals surface area contributed by atoms with Crippen LogP contribution in [0.5, 0.6) is 0 Å². The molecule has 2 aliphatic rings. The van der Waals surface area contributed by atoms with Gasteiger partial charge in [0.1, 0.15) is 24.3 Å². The van der Waals surface area contributed by atoms with Crippen molar-refractivity contribution in [3.8, 4) is 11.5 Å². The number of carbonyl (C=O) groups is 2. The van der Waals surface area contributed by atoms with Gasteiger partial charge in [-0.15, -0.1) is 0 Å². The lowest BCUT2D eigenvalue weighted by Crippen LogP contribution is -2.32. The summed E-state index contributed by atoms with van der Waals surface area (Å²) in [5, 5.41) is 9.61. The largest absolute Gasteiger partial charge is 0.444 e. The van der Waals surface area contributed by atoms with Crippen molar-refractivity contribution in [2.45, 2.75) is 39.4 Å². The summed E-state index contributed by atoms with van der Waals surface area (Å²) in [7, 11) is 0. The SMILES string of the molecule is CC1(C)CCN(c2nn(CC3CCOC3)cc2NC(=O)c2coc(-c3ccnc(NCC(F)(F)F)c3)n2)C1=O. The number of alkyl halides is 3. The van der Waals surface area contributed by atoms with Gasteiger partial charge >= 0.3 is 6.18 Å². The first-order valence-electron chi connectivity index (χ1n) is 12.5. The van der Waals surface area contributed by atoms with E-state index in [2.05, 4.69) is 25.7 Å². The zero-order valence-electron chi connectivity index (χ0n) is 21.4. The molecule has 11 nitrogen and oxygen atoms in total. The number of hydrogen-bond acceptors (Lipinski definition) is 8. The number of oxazole rings is 1. The van der Waals surface area contributed by atoms with Gasteiger partial charge < -0.3 is 19.8 Å². The Hall–Kier alpha value is -3.94. The van der Waals surface area contributed by atoms with Gasteiger partial charge in [-0.1, -0.05) is 13.8 Å². The van der Waals surface area contributed by atoms with Crippen molar-refractivity contribution in [3.63, 3.8) is 0 Å². The zero-order chi connectivity index (χ0) is 27.8. The molecular formula is C25H28F3N7O4. The summed E-state index contributed by atoms with van der Waals surface area (Å²) in [6.07, 6.45) is 1.30. The van der Waals surface area contributed by atoms with E-state index in [1.807, 2.05) is 13.8 Å². The standard InChI is InChI=1S/C25H28F3N7O4/c1-24(2)5-7-35(23(24)37)20-17(11-34(33-20)10-15-4-8-38-12-15)31-21(36)18-13-39-22(32-18)16-3-6-29-19(9-16)30-14-25(26,27)28/h3,6,9,11,13,15H,4-5,7-8,10,12,14H2,1-2H3,(H,29,30)(H,31,36). The first-order chi connectivity index (χ1) is 18.5. The van der Waals surface area contributed by atoms with Gasteiger partial charge in [0.2, 0.25) is 11.8 Å². The first kappa shape index (κ1) is 26.7. The second-order valence-corrected chi connectivity index (χ2v) is 10.3. The highest BCUT2D eigenvalue weighted by atomic mass is 19.4. The van der Waals surface area contributed by atoms with Crippen LogP contribution < -0.4 is 15.5 Å². The van der Waals surface area contributed by atoms with Crippen molar-refractivity contribution >= 4 is 29.1 Å². The van der Waals surface area contributed by atoms with Crippen LogP contribution in [0.15, 0.2) is 35.2 Å². The van der Waals surface area contributed by atoms with Crippen molar-refractivity contribution in [2.75, 3.05) is 41.8 Å². The van der Waals surface area contributed by atoms with Gasteiger partial charge in [-0.05, 0) is 25.0 Å². The molecule has 5 rings (SSSR count). The third-order valence-electron chi connectivity index (χ3n) is 6.71. The molecule has 1 unspecified atom stereocenters. The number of anilines is 3. The van der Waals surface area contributed by atoms with Crippen LogP contribution >= 0.6 is 0 Å². The number of hydrogen-bond donors (Lipinski definition) is 2. The highest BCUT2D eigenvalue weighted by Gasteiger charge is 2.41. The van der Waals surface area contributed by atoms with Crippen molar-refractivity contribution in [3.05, 3.63) is 36.5 Å². The molecule has 1 atom stereocenters. The summed E-state index contributed by atoms with van der Waals surface area (Å²) in [4.78, 5) is 35.8. The summed E-state index contributed by atoms with van der Waals surface area (Å²) in [5.74, 6) is -0.0190. The summed E-state index contributed by atoms with van der Waals surface area (Å²) in [6.45, 7) is 4.86. The topological polar surface area (TPSA) is 127 Å². The Morgan fingerprint density at radius 3 is 2.82 bits per heavy atom. The minimum Gasteiger partial charge on any atom is -0.444 e. The molecule has 2 fully saturated rings. The maximum absolute atomic E-state index is 13.1. The van der Waals surface area contributed by atoms with E-state index in [4.69, 9.17) is 9.15 Å². The molecule has 2 N–H and O–H groups in total. The summed E-state index contributed by atoms with van der Waals surface area (Å²) in [6, 6.07) is 2.84. The summed E-state index contributed by atoms with van der Waals surface area (Å²) in [5.41, 5.74) is 0.106. The molecule has 5 heterocycles. The number of carbonyl (C=O) groups excluding carboxylic acids is 2. The highest BCUT2D eigenvalue weighted by molar-refractivity contribution is 6.07. The fourth-order valence-electron chi connectivity index (χ4n) is 4.50. The van der Waals surface area contributed by atoms with E-state index in [1.165, 1.54) is 18.3 Å². The van der Waals surface area contributed by atoms with Crippen LogP contribution in [-0.2, 0) is 16.1 Å². The fourth-order valence-corrected chi connectivity index (χ4v) is 4.50. The van der Waals surface area contributed by atoms with Gasteiger partial charge in [-0.2, -0.15) is 18.3 Å². The molecule has 0 aliphatic carbocycles. The number of nitrogens with zero attached hydrogens (tertiary/aromatic N) is 5. The number of halogens is 3. The van der Waals surface area contributed by atoms with Crippen LogP contribution in [-0.4, -0.2) is 64.0 Å². The summed E-state index contributed by atoms with van der Waals surface area (Å²) < 4.78 is 50.2. The summed E-state index contributed by atoms with van der Waals surface area (Å²) >= 11 is 0. The van der Waals surface area contributed by atoms with Gasteiger partial charge in [0, 0.05) is 42.8 Å². The second kappa shape index (κ2) is 10.3. The van der Waals surface area contributed by atoms with Crippen LogP contribution in [0, 0.1) is 11.3 Å². The molecule has 208 valence electrons. The predicted molar refractivity (Wildman–Crippen MR) is 134 cm³/mol. The fraction of sp³-hybridized carbons (Fsp3) is 0.480. The van der Waals surface area contributed by atoms with Crippen molar-refractivity contribution in [1.82, 2.24) is 19.7 Å². The van der Waals surface area contributed by atoms with E-state index in [0.29, 0.717) is 49.8 Å². The number of ether oxygens (including phenoxy) is 1. The van der Waals surface area contributed by atoms with Crippen LogP contribution in [0.3, 0.4) is 0 Å². The molecular weight excluding hydrogens is 519 g/mol. The minimum atomic E-state index is -4.40. The molecule has 0 aromatic carbocycles. The van der Waals surface area contributed by atoms with Crippen LogP contribution in [0.4, 0.5) is 30.5 Å². The maximum atomic E-state index is 13.1. The highest BCUT2D eigenvalue weighted by Crippen LogP contribution is 2.37. The van der Waals surface area contributed by atoms with Crippen molar-refractivity contribution < 1.29 is 31.9 Å². The second-order valence-electron chi connectivity index (χ2n) is 10.3. The average molecular weight is 548 g/mol. The van der Waals surface area contributed by atoms with Gasteiger partial charge in [0.15, 0.2) is 11.5 Å². The molecule has 14 heteroatoms. The van der Waals surface area contributed by atoms with Crippen LogP contribution in [0.1, 0.15) is 37.2 Å². The smallest absolute Gasteiger partial charge is 0.405 e. The van der Waals surface area contributed by atoms with Gasteiger partial charge in [0.25, 0.3) is 5.91 Å². The zero-order valence-corrected chi connectivity index (χ0v) is 21.4. The number of nitrogens with one attached hydrogen (secondary N) is 2. The number of aromatic nitrogens is 4. The lowest BCUT2D eigenvalue weighted by atomic mass is 9.92. The Kier molecular flexibility index (Phi) is 7.05. The van der Waals surface area contributed by atoms with Crippen molar-refractivity contribution in [2.24, 2.45) is 11.3 Å². The van der Waals surface area contributed by atoms with E-state index in [9.17, 15) is 22.8 Å². The maximum Gasteiger partial charge on any atom is 0.405 e. The van der Waals surface area contributed by atoms with E-state index in [-0.39, 0.29) is 29.2 Å². The van der Waals surface area contributed by atoms with Crippen LogP contribution in [0.2, 0.25) is 0 Å². The van der Waals surface area contributed by atoms with E-state index in [1.54, 1.807) is 15.8 Å². The van der Waals surface area contributed by atoms with Crippen molar-refractivity contribution in [1.29, 1.82) is 0 Å². The molecule has 0 bridgehead atoms.